The van der Waals surface area contributed by atoms with Crippen LogP contribution >= 0.6 is 0 Å². The quantitative estimate of drug-likeness (QED) is 0.812. The molecule has 1 unspecified atom stereocenters. The number of sulfonamides is 1. The lowest BCUT2D eigenvalue weighted by Crippen LogP contribution is -2.34. The van der Waals surface area contributed by atoms with E-state index in [1.165, 1.54) is 4.31 Å². The van der Waals surface area contributed by atoms with Crippen LogP contribution in [-0.2, 0) is 14.8 Å². The molecule has 0 N–H and O–H groups in total. The van der Waals surface area contributed by atoms with Crippen molar-refractivity contribution in [1.82, 2.24) is 4.31 Å². The number of methoxy groups -OCH3 is 1. The first-order valence-corrected chi connectivity index (χ1v) is 6.77. The zero-order valence-corrected chi connectivity index (χ0v) is 10.6. The Morgan fingerprint density at radius 2 is 2.00 bits per heavy atom. The zero-order chi connectivity index (χ0) is 12.5. The van der Waals surface area contributed by atoms with E-state index in [0.29, 0.717) is 18.9 Å². The van der Waals surface area contributed by atoms with E-state index in [0.717, 1.165) is 0 Å². The van der Waals surface area contributed by atoms with E-state index in [4.69, 9.17) is 9.47 Å². The predicted octanol–water partition coefficient (Wildman–Crippen LogP) is 1.06. The lowest BCUT2D eigenvalue weighted by molar-refractivity contribution is 0.0846. The molecule has 1 aliphatic rings. The third-order valence-electron chi connectivity index (χ3n) is 2.74. The molecule has 1 saturated heterocycles. The maximum Gasteiger partial charge on any atom is 0.245 e. The highest BCUT2D eigenvalue weighted by molar-refractivity contribution is 7.89. The summed E-state index contributed by atoms with van der Waals surface area (Å²) in [5, 5.41) is 0. The SMILES string of the molecule is COc1ccc(S(=O)(=O)N2CCOC2C)cc1. The molecule has 6 heteroatoms. The Balaban J connectivity index is 2.31. The van der Waals surface area contributed by atoms with E-state index < -0.39 is 16.3 Å². The zero-order valence-electron chi connectivity index (χ0n) is 9.79. The summed E-state index contributed by atoms with van der Waals surface area (Å²) in [5.41, 5.74) is 0. The number of benzene rings is 1. The van der Waals surface area contributed by atoms with Crippen LogP contribution < -0.4 is 4.74 Å². The van der Waals surface area contributed by atoms with Gasteiger partial charge in [-0.05, 0) is 31.2 Å². The molecule has 1 heterocycles. The molecule has 0 aromatic heterocycles. The third kappa shape index (κ3) is 2.29. The lowest BCUT2D eigenvalue weighted by atomic mass is 10.3. The topological polar surface area (TPSA) is 55.8 Å². The second-order valence-electron chi connectivity index (χ2n) is 3.76. The number of nitrogens with zero attached hydrogens (tertiary/aromatic N) is 1. The van der Waals surface area contributed by atoms with Crippen molar-refractivity contribution in [3.8, 4) is 5.75 Å². The molecular weight excluding hydrogens is 242 g/mol. The smallest absolute Gasteiger partial charge is 0.245 e. The van der Waals surface area contributed by atoms with Crippen molar-refractivity contribution in [1.29, 1.82) is 0 Å². The highest BCUT2D eigenvalue weighted by atomic mass is 32.2. The molecule has 1 atom stereocenters. The molecule has 1 aromatic rings. The molecule has 0 amide bonds. The van der Waals surface area contributed by atoms with Crippen molar-refractivity contribution in [2.24, 2.45) is 0 Å². The summed E-state index contributed by atoms with van der Waals surface area (Å²) in [4.78, 5) is 0.260. The number of hydrogen-bond donors (Lipinski definition) is 0. The van der Waals surface area contributed by atoms with E-state index in [2.05, 4.69) is 0 Å². The maximum atomic E-state index is 12.2. The fourth-order valence-electron chi connectivity index (χ4n) is 1.78. The van der Waals surface area contributed by atoms with Gasteiger partial charge >= 0.3 is 0 Å². The lowest BCUT2D eigenvalue weighted by Gasteiger charge is -2.19. The van der Waals surface area contributed by atoms with Crippen LogP contribution in [0.3, 0.4) is 0 Å². The predicted molar refractivity (Wildman–Crippen MR) is 62.3 cm³/mol. The molecule has 5 nitrogen and oxygen atoms in total. The van der Waals surface area contributed by atoms with Gasteiger partial charge in [0.25, 0.3) is 0 Å². The average molecular weight is 257 g/mol. The van der Waals surface area contributed by atoms with Gasteiger partial charge in [-0.2, -0.15) is 4.31 Å². The fourth-order valence-corrected chi connectivity index (χ4v) is 3.29. The van der Waals surface area contributed by atoms with Crippen molar-refractivity contribution in [2.75, 3.05) is 20.3 Å². The Kier molecular flexibility index (Phi) is 3.37. The first-order chi connectivity index (χ1) is 8.05. The molecule has 1 fully saturated rings. The van der Waals surface area contributed by atoms with Crippen LogP contribution in [-0.4, -0.2) is 39.2 Å². The Labute approximate surface area is 101 Å². The van der Waals surface area contributed by atoms with Crippen molar-refractivity contribution >= 4 is 10.0 Å². The van der Waals surface area contributed by atoms with Gasteiger partial charge in [0.05, 0.1) is 18.6 Å². The maximum absolute atomic E-state index is 12.2. The van der Waals surface area contributed by atoms with Crippen LogP contribution in [0.4, 0.5) is 0 Å². The second kappa shape index (κ2) is 4.64. The van der Waals surface area contributed by atoms with Crippen molar-refractivity contribution < 1.29 is 17.9 Å². The van der Waals surface area contributed by atoms with Gasteiger partial charge in [0, 0.05) is 6.54 Å². The normalized spacial score (nSPS) is 21.6. The largest absolute Gasteiger partial charge is 0.497 e. The van der Waals surface area contributed by atoms with Crippen LogP contribution in [0.2, 0.25) is 0 Å². The van der Waals surface area contributed by atoms with Gasteiger partial charge in [-0.3, -0.25) is 0 Å². The summed E-state index contributed by atoms with van der Waals surface area (Å²) in [7, 11) is -1.92. The number of rotatable bonds is 3. The van der Waals surface area contributed by atoms with Crippen LogP contribution in [0.15, 0.2) is 29.2 Å². The molecular formula is C11H15NO4S. The van der Waals surface area contributed by atoms with Gasteiger partial charge in [-0.1, -0.05) is 0 Å². The minimum Gasteiger partial charge on any atom is -0.497 e. The minimum atomic E-state index is -3.46. The molecule has 0 bridgehead atoms. The Bertz CT molecular complexity index is 483. The van der Waals surface area contributed by atoms with E-state index in [9.17, 15) is 8.42 Å². The Morgan fingerprint density at radius 3 is 2.47 bits per heavy atom. The summed E-state index contributed by atoms with van der Waals surface area (Å²) in [6, 6.07) is 6.35. The first-order valence-electron chi connectivity index (χ1n) is 5.33. The highest BCUT2D eigenvalue weighted by Gasteiger charge is 2.33. The summed E-state index contributed by atoms with van der Waals surface area (Å²) >= 11 is 0. The standard InChI is InChI=1S/C11H15NO4S/c1-9-12(7-8-16-9)17(13,14)11-5-3-10(15-2)4-6-11/h3-6,9H,7-8H2,1-2H3. The monoisotopic (exact) mass is 257 g/mol. The number of ether oxygens (including phenoxy) is 2. The van der Waals surface area contributed by atoms with Crippen LogP contribution in [0.5, 0.6) is 5.75 Å². The van der Waals surface area contributed by atoms with Crippen molar-refractivity contribution in [3.63, 3.8) is 0 Å². The van der Waals surface area contributed by atoms with E-state index in [1.807, 2.05) is 0 Å². The van der Waals surface area contributed by atoms with E-state index >= 15 is 0 Å². The van der Waals surface area contributed by atoms with E-state index in [1.54, 1.807) is 38.3 Å². The van der Waals surface area contributed by atoms with Gasteiger partial charge in [0.1, 0.15) is 12.0 Å². The highest BCUT2D eigenvalue weighted by Crippen LogP contribution is 2.23. The van der Waals surface area contributed by atoms with E-state index in [-0.39, 0.29) is 4.90 Å². The summed E-state index contributed by atoms with van der Waals surface area (Å²) in [6.45, 7) is 2.57. The molecule has 17 heavy (non-hydrogen) atoms. The molecule has 0 saturated carbocycles. The average Bonchev–Trinajstić information content (AvgIpc) is 2.76. The van der Waals surface area contributed by atoms with Crippen LogP contribution in [0.25, 0.3) is 0 Å². The van der Waals surface area contributed by atoms with Gasteiger partial charge in [-0.15, -0.1) is 0 Å². The summed E-state index contributed by atoms with van der Waals surface area (Å²) < 4.78 is 36.1. The molecule has 0 radical (unpaired) electrons. The van der Waals surface area contributed by atoms with Gasteiger partial charge in [0.15, 0.2) is 0 Å². The van der Waals surface area contributed by atoms with Crippen LogP contribution in [0.1, 0.15) is 6.92 Å². The minimum absolute atomic E-state index is 0.260. The van der Waals surface area contributed by atoms with Crippen LogP contribution in [0, 0.1) is 0 Å². The van der Waals surface area contributed by atoms with Gasteiger partial charge < -0.3 is 9.47 Å². The molecule has 1 aromatic carbocycles. The molecule has 0 aliphatic carbocycles. The first kappa shape index (κ1) is 12.3. The Hall–Kier alpha value is -1.11. The van der Waals surface area contributed by atoms with Gasteiger partial charge in [0.2, 0.25) is 10.0 Å². The third-order valence-corrected chi connectivity index (χ3v) is 4.71. The molecule has 2 rings (SSSR count). The fraction of sp³-hybridized carbons (Fsp3) is 0.455. The van der Waals surface area contributed by atoms with Crippen molar-refractivity contribution in [2.45, 2.75) is 18.0 Å². The molecule has 0 spiro atoms. The van der Waals surface area contributed by atoms with Crippen molar-refractivity contribution in [3.05, 3.63) is 24.3 Å². The summed E-state index contributed by atoms with van der Waals surface area (Å²) in [5.74, 6) is 0.634. The molecule has 1 aliphatic heterocycles. The molecule has 94 valence electrons. The number of hydrogen-bond acceptors (Lipinski definition) is 4. The van der Waals surface area contributed by atoms with Gasteiger partial charge in [-0.25, -0.2) is 8.42 Å². The Morgan fingerprint density at radius 1 is 1.35 bits per heavy atom. The summed E-state index contributed by atoms with van der Waals surface area (Å²) in [6.07, 6.45) is -0.401. The second-order valence-corrected chi connectivity index (χ2v) is 5.65.